The van der Waals surface area contributed by atoms with E-state index in [1.807, 2.05) is 38.1 Å². The maximum atomic E-state index is 12.1. The van der Waals surface area contributed by atoms with E-state index in [4.69, 9.17) is 0 Å². The van der Waals surface area contributed by atoms with E-state index >= 15 is 0 Å². The van der Waals surface area contributed by atoms with Crippen molar-refractivity contribution in [2.45, 2.75) is 38.6 Å². The van der Waals surface area contributed by atoms with Crippen LogP contribution in [0.4, 0.5) is 5.69 Å². The van der Waals surface area contributed by atoms with Crippen LogP contribution in [0.2, 0.25) is 0 Å². The molecule has 8 heteroatoms. The summed E-state index contributed by atoms with van der Waals surface area (Å²) >= 11 is 1.23. The number of anilines is 1. The van der Waals surface area contributed by atoms with Crippen LogP contribution in [0.3, 0.4) is 0 Å². The second-order valence-electron chi connectivity index (χ2n) is 5.83. The first-order chi connectivity index (χ1) is 12.5. The number of aryl methyl sites for hydroxylation is 1. The first kappa shape index (κ1) is 20.0. The van der Waals surface area contributed by atoms with Crippen LogP contribution in [0, 0.1) is 6.92 Å². The molecule has 0 saturated heterocycles. The lowest BCUT2D eigenvalue weighted by atomic mass is 10.2. The van der Waals surface area contributed by atoms with Gasteiger partial charge in [-0.15, -0.1) is 0 Å². The van der Waals surface area contributed by atoms with E-state index in [0.717, 1.165) is 17.7 Å². The number of nitrogens with zero attached hydrogens (tertiary/aromatic N) is 2. The number of hydrogen-bond donors (Lipinski definition) is 3. The Morgan fingerprint density at radius 3 is 2.62 bits per heavy atom. The maximum Gasteiger partial charge on any atom is 0.240 e. The molecular formula is C18H24N4O3S. The molecule has 1 aromatic carbocycles. The Morgan fingerprint density at radius 1 is 1.23 bits per heavy atom. The zero-order chi connectivity index (χ0) is 18.9. The number of carbonyl (C=O) groups excluding carboxylic acids is 2. The van der Waals surface area contributed by atoms with Gasteiger partial charge in [-0.2, -0.15) is 0 Å². The van der Waals surface area contributed by atoms with Gasteiger partial charge in [0.25, 0.3) is 0 Å². The highest BCUT2D eigenvalue weighted by atomic mass is 32.2. The quantitative estimate of drug-likeness (QED) is 0.581. The average Bonchev–Trinajstić information content (AvgIpc) is 3.01. The number of aromatic nitrogens is 2. The third kappa shape index (κ3) is 5.89. The molecular weight excluding hydrogens is 352 g/mol. The number of thioether (sulfide) groups is 1. The number of aliphatic hydroxyl groups excluding tert-OH is 1. The molecule has 26 heavy (non-hydrogen) atoms. The Bertz CT molecular complexity index is 743. The molecule has 2 aromatic rings. The molecule has 0 aliphatic carbocycles. The Hall–Kier alpha value is -2.32. The van der Waals surface area contributed by atoms with Crippen LogP contribution < -0.4 is 10.6 Å². The van der Waals surface area contributed by atoms with Crippen LogP contribution in [-0.2, 0) is 22.7 Å². The summed E-state index contributed by atoms with van der Waals surface area (Å²) in [5.41, 5.74) is 2.40. The molecule has 1 heterocycles. The van der Waals surface area contributed by atoms with E-state index in [0.29, 0.717) is 17.4 Å². The standard InChI is InChI=1S/C18H24N4O3S/c1-3-8-19-16(24)10-22-15(11-23)9-20-18(22)26-12-17(25)21-14-6-4-13(2)5-7-14/h4-7,9,23H,3,8,10-12H2,1-2H3,(H,19,24)(H,21,25). The highest BCUT2D eigenvalue weighted by molar-refractivity contribution is 7.99. The molecule has 2 amide bonds. The van der Waals surface area contributed by atoms with Gasteiger partial charge in [-0.3, -0.25) is 9.59 Å². The molecule has 0 aliphatic heterocycles. The van der Waals surface area contributed by atoms with Crippen molar-refractivity contribution in [1.29, 1.82) is 0 Å². The Kier molecular flexibility index (Phi) is 7.68. The van der Waals surface area contributed by atoms with Gasteiger partial charge >= 0.3 is 0 Å². The summed E-state index contributed by atoms with van der Waals surface area (Å²) in [4.78, 5) is 28.3. The number of aliphatic hydroxyl groups is 1. The minimum absolute atomic E-state index is 0.0673. The second-order valence-corrected chi connectivity index (χ2v) is 6.77. The van der Waals surface area contributed by atoms with Gasteiger partial charge in [0, 0.05) is 12.2 Å². The van der Waals surface area contributed by atoms with E-state index in [1.54, 1.807) is 4.57 Å². The summed E-state index contributed by atoms with van der Waals surface area (Å²) in [6, 6.07) is 7.55. The molecule has 1 aromatic heterocycles. The van der Waals surface area contributed by atoms with Gasteiger partial charge in [0.1, 0.15) is 6.54 Å². The minimum atomic E-state index is -0.218. The fraction of sp³-hybridized carbons (Fsp3) is 0.389. The third-order valence-electron chi connectivity index (χ3n) is 3.61. The summed E-state index contributed by atoms with van der Waals surface area (Å²) in [6.45, 7) is 4.41. The number of carbonyl (C=O) groups is 2. The van der Waals surface area contributed by atoms with Crippen molar-refractivity contribution < 1.29 is 14.7 Å². The average molecular weight is 376 g/mol. The third-order valence-corrected chi connectivity index (χ3v) is 4.60. The van der Waals surface area contributed by atoms with Crippen molar-refractivity contribution in [2.75, 3.05) is 17.6 Å². The number of imidazole rings is 1. The molecule has 0 spiro atoms. The van der Waals surface area contributed by atoms with E-state index in [9.17, 15) is 14.7 Å². The van der Waals surface area contributed by atoms with E-state index in [-0.39, 0.29) is 30.7 Å². The summed E-state index contributed by atoms with van der Waals surface area (Å²) in [5.74, 6) is -0.147. The Balaban J connectivity index is 1.95. The normalized spacial score (nSPS) is 10.6. The van der Waals surface area contributed by atoms with Crippen LogP contribution in [0.25, 0.3) is 0 Å². The molecule has 0 fully saturated rings. The van der Waals surface area contributed by atoms with Gasteiger partial charge in [-0.1, -0.05) is 36.4 Å². The lowest BCUT2D eigenvalue weighted by molar-refractivity contribution is -0.121. The Morgan fingerprint density at radius 2 is 1.96 bits per heavy atom. The number of hydrogen-bond acceptors (Lipinski definition) is 5. The van der Waals surface area contributed by atoms with Gasteiger partial charge in [-0.25, -0.2) is 4.98 Å². The summed E-state index contributed by atoms with van der Waals surface area (Å²) < 4.78 is 1.63. The van der Waals surface area contributed by atoms with Gasteiger partial charge in [0.05, 0.1) is 24.3 Å². The van der Waals surface area contributed by atoms with Gasteiger partial charge in [0.15, 0.2) is 5.16 Å². The first-order valence-electron chi connectivity index (χ1n) is 8.44. The lowest BCUT2D eigenvalue weighted by Crippen LogP contribution is -2.29. The van der Waals surface area contributed by atoms with Crippen molar-refractivity contribution in [3.05, 3.63) is 41.7 Å². The van der Waals surface area contributed by atoms with E-state index in [1.165, 1.54) is 18.0 Å². The molecule has 3 N–H and O–H groups in total. The molecule has 0 radical (unpaired) electrons. The summed E-state index contributed by atoms with van der Waals surface area (Å²) in [6.07, 6.45) is 2.37. The smallest absolute Gasteiger partial charge is 0.240 e. The highest BCUT2D eigenvalue weighted by Crippen LogP contribution is 2.19. The zero-order valence-electron chi connectivity index (χ0n) is 15.0. The van der Waals surface area contributed by atoms with Crippen LogP contribution in [0.15, 0.2) is 35.6 Å². The van der Waals surface area contributed by atoms with Crippen molar-refractivity contribution >= 4 is 29.3 Å². The van der Waals surface area contributed by atoms with Crippen molar-refractivity contribution in [3.8, 4) is 0 Å². The zero-order valence-corrected chi connectivity index (χ0v) is 15.8. The monoisotopic (exact) mass is 376 g/mol. The molecule has 7 nitrogen and oxygen atoms in total. The van der Waals surface area contributed by atoms with Crippen LogP contribution >= 0.6 is 11.8 Å². The Labute approximate surface area is 157 Å². The predicted molar refractivity (Wildman–Crippen MR) is 102 cm³/mol. The second kappa shape index (κ2) is 9.98. The van der Waals surface area contributed by atoms with Crippen molar-refractivity contribution in [2.24, 2.45) is 0 Å². The van der Waals surface area contributed by atoms with Gasteiger partial charge < -0.3 is 20.3 Å². The van der Waals surface area contributed by atoms with E-state index in [2.05, 4.69) is 15.6 Å². The number of benzene rings is 1. The molecule has 0 atom stereocenters. The predicted octanol–water partition coefficient (Wildman–Crippen LogP) is 1.94. The highest BCUT2D eigenvalue weighted by Gasteiger charge is 2.14. The number of nitrogens with one attached hydrogen (secondary N) is 2. The molecule has 0 unspecified atom stereocenters. The van der Waals surface area contributed by atoms with E-state index < -0.39 is 0 Å². The van der Waals surface area contributed by atoms with Crippen LogP contribution in [-0.4, -0.2) is 38.8 Å². The molecule has 2 rings (SSSR count). The summed E-state index contributed by atoms with van der Waals surface area (Å²) in [5, 5.41) is 15.6. The van der Waals surface area contributed by atoms with Gasteiger partial charge in [0.2, 0.25) is 11.8 Å². The van der Waals surface area contributed by atoms with Crippen molar-refractivity contribution in [1.82, 2.24) is 14.9 Å². The first-order valence-corrected chi connectivity index (χ1v) is 9.43. The van der Waals surface area contributed by atoms with Gasteiger partial charge in [-0.05, 0) is 25.5 Å². The number of rotatable bonds is 9. The molecule has 0 saturated carbocycles. The minimum Gasteiger partial charge on any atom is -0.390 e. The van der Waals surface area contributed by atoms with Crippen LogP contribution in [0.1, 0.15) is 24.6 Å². The molecule has 0 aliphatic rings. The lowest BCUT2D eigenvalue weighted by Gasteiger charge is -2.11. The number of amides is 2. The van der Waals surface area contributed by atoms with Crippen LogP contribution in [0.5, 0.6) is 0 Å². The maximum absolute atomic E-state index is 12.1. The fourth-order valence-electron chi connectivity index (χ4n) is 2.23. The largest absolute Gasteiger partial charge is 0.390 e. The topological polar surface area (TPSA) is 96.2 Å². The SMILES string of the molecule is CCCNC(=O)Cn1c(CO)cnc1SCC(=O)Nc1ccc(C)cc1. The molecule has 140 valence electrons. The fourth-order valence-corrected chi connectivity index (χ4v) is 3.03. The van der Waals surface area contributed by atoms with Crippen molar-refractivity contribution in [3.63, 3.8) is 0 Å². The molecule has 0 bridgehead atoms. The summed E-state index contributed by atoms with van der Waals surface area (Å²) in [7, 11) is 0.